The number of hydrogen-bond donors (Lipinski definition) is 2. The lowest BCUT2D eigenvalue weighted by Gasteiger charge is -2.09. The summed E-state index contributed by atoms with van der Waals surface area (Å²) in [5.41, 5.74) is 15.0. The normalized spacial score (nSPS) is 11.7. The first-order valence-corrected chi connectivity index (χ1v) is 7.14. The van der Waals surface area contributed by atoms with Gasteiger partial charge in [-0.15, -0.1) is 0 Å². The van der Waals surface area contributed by atoms with Crippen molar-refractivity contribution >= 4 is 40.5 Å². The molecule has 110 valence electrons. The number of halogens is 2. The maximum atomic E-state index is 6.19. The lowest BCUT2D eigenvalue weighted by Crippen LogP contribution is -2.06. The van der Waals surface area contributed by atoms with E-state index in [9.17, 15) is 0 Å². The molecule has 0 saturated carbocycles. The summed E-state index contributed by atoms with van der Waals surface area (Å²) in [6.07, 6.45) is 2.63. The van der Waals surface area contributed by atoms with E-state index in [-0.39, 0.29) is 5.95 Å². The zero-order chi connectivity index (χ0) is 15.6. The minimum atomic E-state index is 0.187. The highest BCUT2D eigenvalue weighted by Gasteiger charge is 2.08. The Hall–Kier alpha value is -1.78. The molecule has 2 rings (SSSR count). The van der Waals surface area contributed by atoms with Crippen LogP contribution in [0.25, 0.3) is 5.57 Å². The quantitative estimate of drug-likeness (QED) is 0.898. The number of aromatic nitrogens is 2. The van der Waals surface area contributed by atoms with Crippen LogP contribution in [-0.4, -0.2) is 9.97 Å². The summed E-state index contributed by atoms with van der Waals surface area (Å²) < 4.78 is 0. The molecule has 21 heavy (non-hydrogen) atoms. The van der Waals surface area contributed by atoms with Crippen LogP contribution in [-0.2, 0) is 6.42 Å². The molecule has 0 radical (unpaired) electrons. The van der Waals surface area contributed by atoms with Gasteiger partial charge in [0.1, 0.15) is 5.82 Å². The summed E-state index contributed by atoms with van der Waals surface area (Å²) in [5.74, 6) is 0.591. The fourth-order valence-corrected chi connectivity index (χ4v) is 2.50. The van der Waals surface area contributed by atoms with Crippen LogP contribution in [0.15, 0.2) is 24.3 Å². The van der Waals surface area contributed by atoms with Gasteiger partial charge in [0.2, 0.25) is 5.95 Å². The van der Waals surface area contributed by atoms with Crippen molar-refractivity contribution < 1.29 is 0 Å². The molecule has 0 amide bonds. The average Bonchev–Trinajstić information content (AvgIpc) is 2.40. The number of anilines is 2. The molecule has 0 saturated heterocycles. The zero-order valence-corrected chi connectivity index (χ0v) is 13.3. The maximum Gasteiger partial charge on any atom is 0.222 e. The average molecular weight is 323 g/mol. The number of nitrogens with zero attached hydrogens (tertiary/aromatic N) is 2. The third-order valence-electron chi connectivity index (χ3n) is 3.23. The number of allylic oxidation sites excluding steroid dienone is 2. The number of nitrogens with two attached hydrogens (primary N) is 2. The van der Waals surface area contributed by atoms with Gasteiger partial charge >= 0.3 is 0 Å². The van der Waals surface area contributed by atoms with Gasteiger partial charge < -0.3 is 11.5 Å². The van der Waals surface area contributed by atoms with Gasteiger partial charge in [0.05, 0.1) is 0 Å². The van der Waals surface area contributed by atoms with E-state index < -0.39 is 0 Å². The highest BCUT2D eigenvalue weighted by atomic mass is 35.5. The standard InChI is InChI=1S/C15H16Cl2N4/c1-8(12-7-10(16)4-6-13(12)17)3-5-11-9(2)20-15(19)21-14(11)18/h3-4,6-7H,5H2,1-2H3,(H4,18,19,20,21). The molecule has 2 aromatic rings. The van der Waals surface area contributed by atoms with Crippen molar-refractivity contribution in [2.24, 2.45) is 0 Å². The molecule has 1 aromatic heterocycles. The Morgan fingerprint density at radius 1 is 1.24 bits per heavy atom. The van der Waals surface area contributed by atoms with Crippen molar-refractivity contribution in [3.8, 4) is 0 Å². The first-order valence-electron chi connectivity index (χ1n) is 6.39. The van der Waals surface area contributed by atoms with E-state index in [0.717, 1.165) is 22.4 Å². The molecule has 0 fully saturated rings. The molecule has 0 unspecified atom stereocenters. The minimum Gasteiger partial charge on any atom is -0.383 e. The van der Waals surface area contributed by atoms with Gasteiger partial charge in [-0.25, -0.2) is 4.98 Å². The van der Waals surface area contributed by atoms with Crippen molar-refractivity contribution in [2.45, 2.75) is 20.3 Å². The van der Waals surface area contributed by atoms with Gasteiger partial charge in [0.25, 0.3) is 0 Å². The van der Waals surface area contributed by atoms with Crippen LogP contribution in [0.3, 0.4) is 0 Å². The fraction of sp³-hybridized carbons (Fsp3) is 0.200. The van der Waals surface area contributed by atoms with Crippen molar-refractivity contribution in [2.75, 3.05) is 11.5 Å². The van der Waals surface area contributed by atoms with E-state index in [1.54, 1.807) is 12.1 Å². The smallest absolute Gasteiger partial charge is 0.222 e. The van der Waals surface area contributed by atoms with E-state index in [0.29, 0.717) is 22.3 Å². The molecule has 0 aliphatic heterocycles. The molecule has 0 spiro atoms. The Labute approximate surface area is 133 Å². The molecule has 1 heterocycles. The third kappa shape index (κ3) is 3.65. The summed E-state index contributed by atoms with van der Waals surface area (Å²) in [4.78, 5) is 8.11. The SMILES string of the molecule is CC(=CCc1c(C)nc(N)nc1N)c1cc(Cl)ccc1Cl. The largest absolute Gasteiger partial charge is 0.383 e. The second-order valence-corrected chi connectivity index (χ2v) is 5.59. The summed E-state index contributed by atoms with van der Waals surface area (Å²) >= 11 is 12.2. The number of rotatable bonds is 3. The summed E-state index contributed by atoms with van der Waals surface area (Å²) in [7, 11) is 0. The third-order valence-corrected chi connectivity index (χ3v) is 3.79. The Morgan fingerprint density at radius 3 is 2.62 bits per heavy atom. The van der Waals surface area contributed by atoms with Crippen LogP contribution >= 0.6 is 23.2 Å². The summed E-state index contributed by atoms with van der Waals surface area (Å²) in [6.45, 7) is 3.83. The predicted octanol–water partition coefficient (Wildman–Crippen LogP) is 3.90. The fourth-order valence-electron chi connectivity index (χ4n) is 2.06. The van der Waals surface area contributed by atoms with Crippen LogP contribution in [0.2, 0.25) is 10.0 Å². The Kier molecular flexibility index (Phi) is 4.70. The molecule has 4 nitrogen and oxygen atoms in total. The van der Waals surface area contributed by atoms with Gasteiger partial charge in [0.15, 0.2) is 0 Å². The molecule has 6 heteroatoms. The van der Waals surface area contributed by atoms with Crippen molar-refractivity contribution in [1.82, 2.24) is 9.97 Å². The lowest BCUT2D eigenvalue weighted by atomic mass is 10.0. The number of aryl methyl sites for hydroxylation is 1. The van der Waals surface area contributed by atoms with E-state index in [1.165, 1.54) is 0 Å². The van der Waals surface area contributed by atoms with Gasteiger partial charge in [0, 0.05) is 21.3 Å². The topological polar surface area (TPSA) is 77.8 Å². The highest BCUT2D eigenvalue weighted by molar-refractivity contribution is 6.34. The Balaban J connectivity index is 2.31. The predicted molar refractivity (Wildman–Crippen MR) is 89.4 cm³/mol. The number of nitrogen functional groups attached to an aromatic ring is 2. The summed E-state index contributed by atoms with van der Waals surface area (Å²) in [5, 5.41) is 1.31. The molecule has 4 N–H and O–H groups in total. The van der Waals surface area contributed by atoms with Crippen molar-refractivity contribution in [1.29, 1.82) is 0 Å². The van der Waals surface area contributed by atoms with Gasteiger partial charge in [-0.2, -0.15) is 4.98 Å². The van der Waals surface area contributed by atoms with Crippen molar-refractivity contribution in [3.63, 3.8) is 0 Å². The van der Waals surface area contributed by atoms with Crippen LogP contribution in [0.5, 0.6) is 0 Å². The lowest BCUT2D eigenvalue weighted by molar-refractivity contribution is 1.05. The second kappa shape index (κ2) is 6.33. The van der Waals surface area contributed by atoms with Crippen LogP contribution in [0, 0.1) is 6.92 Å². The van der Waals surface area contributed by atoms with Gasteiger partial charge in [-0.05, 0) is 49.6 Å². The van der Waals surface area contributed by atoms with E-state index in [4.69, 9.17) is 34.7 Å². The monoisotopic (exact) mass is 322 g/mol. The molecule has 0 aliphatic carbocycles. The second-order valence-electron chi connectivity index (χ2n) is 4.75. The molecule has 0 bridgehead atoms. The van der Waals surface area contributed by atoms with E-state index in [1.807, 2.05) is 26.0 Å². The Morgan fingerprint density at radius 2 is 1.95 bits per heavy atom. The van der Waals surface area contributed by atoms with Crippen LogP contribution < -0.4 is 11.5 Å². The minimum absolute atomic E-state index is 0.187. The van der Waals surface area contributed by atoms with Gasteiger partial charge in [-0.1, -0.05) is 29.3 Å². The van der Waals surface area contributed by atoms with Crippen LogP contribution in [0.1, 0.15) is 23.7 Å². The maximum absolute atomic E-state index is 6.19. The van der Waals surface area contributed by atoms with Gasteiger partial charge in [-0.3, -0.25) is 0 Å². The molecule has 1 aromatic carbocycles. The number of hydrogen-bond acceptors (Lipinski definition) is 4. The zero-order valence-electron chi connectivity index (χ0n) is 11.8. The van der Waals surface area contributed by atoms with E-state index in [2.05, 4.69) is 9.97 Å². The molecular weight excluding hydrogens is 307 g/mol. The number of benzene rings is 1. The molecular formula is C15H16Cl2N4. The Bertz CT molecular complexity index is 688. The van der Waals surface area contributed by atoms with E-state index >= 15 is 0 Å². The first-order chi connectivity index (χ1) is 9.88. The first kappa shape index (κ1) is 15.6. The van der Waals surface area contributed by atoms with Crippen LogP contribution in [0.4, 0.5) is 11.8 Å². The van der Waals surface area contributed by atoms with Crippen molar-refractivity contribution in [3.05, 3.63) is 51.1 Å². The highest BCUT2D eigenvalue weighted by Crippen LogP contribution is 2.27. The summed E-state index contributed by atoms with van der Waals surface area (Å²) in [6, 6.07) is 5.38. The molecule has 0 atom stereocenters. The molecule has 0 aliphatic rings.